The third-order valence-electron chi connectivity index (χ3n) is 11.2. The quantitative estimate of drug-likeness (QED) is 0.177. The van der Waals surface area contributed by atoms with Gasteiger partial charge in [0.05, 0.1) is 22.1 Å². The van der Waals surface area contributed by atoms with E-state index in [1.165, 1.54) is 10.8 Å². The van der Waals surface area contributed by atoms with Crippen LogP contribution in [0.2, 0.25) is 0 Å². The predicted octanol–water partition coefficient (Wildman–Crippen LogP) is 13.0. The van der Waals surface area contributed by atoms with Crippen molar-refractivity contribution in [3.05, 3.63) is 188 Å². The van der Waals surface area contributed by atoms with E-state index in [0.717, 1.165) is 82.7 Å². The van der Waals surface area contributed by atoms with Gasteiger partial charge >= 0.3 is 0 Å². The molecule has 12 aromatic rings. The topological polar surface area (TPSA) is 61.7 Å². The highest BCUT2D eigenvalue weighted by Crippen LogP contribution is 2.40. The van der Waals surface area contributed by atoms with E-state index in [1.807, 2.05) is 30.3 Å². The maximum Gasteiger partial charge on any atom is 0.238 e. The van der Waals surface area contributed by atoms with Crippen molar-refractivity contribution in [1.82, 2.24) is 24.1 Å². The van der Waals surface area contributed by atoms with Gasteiger partial charge in [0.25, 0.3) is 0 Å². The molecule has 4 heterocycles. The fourth-order valence-corrected chi connectivity index (χ4v) is 8.61. The lowest BCUT2D eigenvalue weighted by Crippen LogP contribution is -2.06. The molecule has 0 aliphatic heterocycles. The molecular weight excluding hydrogens is 699 g/mol. The van der Waals surface area contributed by atoms with Crippen LogP contribution in [0.1, 0.15) is 0 Å². The monoisotopic (exact) mass is 729 g/mol. The lowest BCUT2D eigenvalue weighted by Gasteiger charge is -2.12. The molecule has 6 nitrogen and oxygen atoms in total. The molecule has 0 saturated carbocycles. The molecule has 4 aromatic heterocycles. The van der Waals surface area contributed by atoms with Crippen molar-refractivity contribution < 1.29 is 4.42 Å². The number of para-hydroxylation sites is 5. The maximum atomic E-state index is 6.45. The summed E-state index contributed by atoms with van der Waals surface area (Å²) in [5, 5.41) is 6.87. The zero-order valence-electron chi connectivity index (χ0n) is 30.5. The van der Waals surface area contributed by atoms with Crippen molar-refractivity contribution in [1.29, 1.82) is 0 Å². The molecule has 0 aliphatic rings. The molecule has 0 fully saturated rings. The van der Waals surface area contributed by atoms with Crippen LogP contribution in [0, 0.1) is 0 Å². The molecule has 0 amide bonds. The van der Waals surface area contributed by atoms with Gasteiger partial charge in [0.2, 0.25) is 5.95 Å². The lowest BCUT2D eigenvalue weighted by molar-refractivity contribution is 0.670. The zero-order chi connectivity index (χ0) is 37.5. The Morgan fingerprint density at radius 1 is 0.351 bits per heavy atom. The summed E-state index contributed by atoms with van der Waals surface area (Å²) in [4.78, 5) is 15.7. The number of fused-ring (bicyclic) bond motifs is 9. The second kappa shape index (κ2) is 12.3. The van der Waals surface area contributed by atoms with Crippen LogP contribution in [0.5, 0.6) is 0 Å². The third-order valence-corrected chi connectivity index (χ3v) is 11.2. The number of nitrogens with zero attached hydrogens (tertiary/aromatic N) is 5. The smallest absolute Gasteiger partial charge is 0.238 e. The molecule has 0 unspecified atom stereocenters. The molecule has 0 saturated heterocycles. The Kier molecular flexibility index (Phi) is 6.83. The van der Waals surface area contributed by atoms with Crippen LogP contribution >= 0.6 is 0 Å². The number of furan rings is 1. The molecule has 0 atom stereocenters. The van der Waals surface area contributed by atoms with E-state index in [0.29, 0.717) is 17.6 Å². The van der Waals surface area contributed by atoms with Gasteiger partial charge < -0.3 is 8.98 Å². The third kappa shape index (κ3) is 4.87. The standard InChI is InChI=1S/C51H31N5O/c1-3-15-32(16-4-1)49-52-50(34-18-13-17-33(29-34)36-24-14-25-40-39-23-9-12-28-47(39)57-48(36)40)54-51(53-49)56-44-27-11-8-22-38(44)42-30-41-37-21-7-10-26-43(37)55(45(41)31-46(42)56)35-19-5-2-6-20-35/h1-31H. The summed E-state index contributed by atoms with van der Waals surface area (Å²) in [7, 11) is 0. The molecule has 8 aromatic carbocycles. The minimum atomic E-state index is 0.552. The van der Waals surface area contributed by atoms with Crippen LogP contribution in [-0.2, 0) is 0 Å². The number of hydrogen-bond donors (Lipinski definition) is 0. The van der Waals surface area contributed by atoms with Crippen molar-refractivity contribution in [3.8, 4) is 45.5 Å². The van der Waals surface area contributed by atoms with Crippen LogP contribution in [0.3, 0.4) is 0 Å². The molecule has 0 aliphatic carbocycles. The molecule has 6 heteroatoms. The van der Waals surface area contributed by atoms with Crippen molar-refractivity contribution in [2.24, 2.45) is 0 Å². The van der Waals surface area contributed by atoms with E-state index in [1.54, 1.807) is 0 Å². The van der Waals surface area contributed by atoms with Crippen LogP contribution in [0.15, 0.2) is 192 Å². The Balaban J connectivity index is 1.12. The summed E-state index contributed by atoms with van der Waals surface area (Å²) in [6.07, 6.45) is 0. The van der Waals surface area contributed by atoms with Crippen LogP contribution in [-0.4, -0.2) is 24.1 Å². The largest absolute Gasteiger partial charge is 0.455 e. The highest BCUT2D eigenvalue weighted by atomic mass is 16.3. The Labute approximate surface area is 326 Å². The maximum absolute atomic E-state index is 6.45. The number of hydrogen-bond acceptors (Lipinski definition) is 4. The highest BCUT2D eigenvalue weighted by Gasteiger charge is 2.21. The van der Waals surface area contributed by atoms with Gasteiger partial charge in [-0.3, -0.25) is 4.57 Å². The molecule has 0 bridgehead atoms. The van der Waals surface area contributed by atoms with Crippen LogP contribution < -0.4 is 0 Å². The van der Waals surface area contributed by atoms with E-state index in [9.17, 15) is 0 Å². The fraction of sp³-hybridized carbons (Fsp3) is 0. The minimum absolute atomic E-state index is 0.552. The van der Waals surface area contributed by atoms with E-state index in [4.69, 9.17) is 19.4 Å². The predicted molar refractivity (Wildman–Crippen MR) is 232 cm³/mol. The molecule has 57 heavy (non-hydrogen) atoms. The Morgan fingerprint density at radius 3 is 1.68 bits per heavy atom. The van der Waals surface area contributed by atoms with Crippen molar-refractivity contribution in [3.63, 3.8) is 0 Å². The van der Waals surface area contributed by atoms with E-state index in [-0.39, 0.29) is 0 Å². The van der Waals surface area contributed by atoms with Gasteiger partial charge in [0.1, 0.15) is 11.2 Å². The Bertz CT molecular complexity index is 3520. The average molecular weight is 730 g/mol. The number of rotatable bonds is 5. The zero-order valence-corrected chi connectivity index (χ0v) is 30.5. The molecule has 0 spiro atoms. The molecule has 0 N–H and O–H groups in total. The SMILES string of the molecule is c1ccc(-c2nc(-c3cccc(-c4cccc5c4oc4ccccc45)c3)nc(-n3c4ccccc4c4cc5c6ccccc6n(-c6ccccc6)c5cc43)n2)cc1. The van der Waals surface area contributed by atoms with Crippen LogP contribution in [0.4, 0.5) is 0 Å². The summed E-state index contributed by atoms with van der Waals surface area (Å²) < 4.78 is 11.0. The first kappa shape index (κ1) is 31.5. The molecule has 12 rings (SSSR count). The van der Waals surface area contributed by atoms with Gasteiger partial charge in [0, 0.05) is 54.7 Å². The summed E-state index contributed by atoms with van der Waals surface area (Å²) in [5.74, 6) is 1.74. The summed E-state index contributed by atoms with van der Waals surface area (Å²) in [6, 6.07) is 65.5. The molecular formula is C51H31N5O. The average Bonchev–Trinajstić information content (AvgIpc) is 3.93. The first-order valence-electron chi connectivity index (χ1n) is 19.1. The normalized spacial score (nSPS) is 11.9. The van der Waals surface area contributed by atoms with Gasteiger partial charge in [-0.1, -0.05) is 140 Å². The van der Waals surface area contributed by atoms with Crippen LogP contribution in [0.25, 0.3) is 111 Å². The summed E-state index contributed by atoms with van der Waals surface area (Å²) in [5.41, 5.74) is 11.0. The second-order valence-corrected chi connectivity index (χ2v) is 14.4. The lowest BCUT2D eigenvalue weighted by atomic mass is 10.0. The first-order chi connectivity index (χ1) is 28.3. The first-order valence-corrected chi connectivity index (χ1v) is 19.1. The van der Waals surface area contributed by atoms with E-state index < -0.39 is 0 Å². The summed E-state index contributed by atoms with van der Waals surface area (Å²) in [6.45, 7) is 0. The van der Waals surface area contributed by atoms with Gasteiger partial charge in [-0.25, -0.2) is 4.98 Å². The molecule has 0 radical (unpaired) electrons. The Hall–Kier alpha value is -7.83. The van der Waals surface area contributed by atoms with Crippen molar-refractivity contribution >= 4 is 65.6 Å². The van der Waals surface area contributed by atoms with Gasteiger partial charge in [0.15, 0.2) is 11.6 Å². The van der Waals surface area contributed by atoms with Crippen molar-refractivity contribution in [2.75, 3.05) is 0 Å². The van der Waals surface area contributed by atoms with Crippen molar-refractivity contribution in [2.45, 2.75) is 0 Å². The molecule has 266 valence electrons. The highest BCUT2D eigenvalue weighted by molar-refractivity contribution is 6.19. The Morgan fingerprint density at radius 2 is 0.912 bits per heavy atom. The second-order valence-electron chi connectivity index (χ2n) is 14.4. The van der Waals surface area contributed by atoms with E-state index in [2.05, 4.69) is 167 Å². The minimum Gasteiger partial charge on any atom is -0.455 e. The number of benzene rings is 8. The fourth-order valence-electron chi connectivity index (χ4n) is 8.61. The summed E-state index contributed by atoms with van der Waals surface area (Å²) >= 11 is 0. The van der Waals surface area contributed by atoms with Gasteiger partial charge in [-0.15, -0.1) is 0 Å². The number of aromatic nitrogens is 5. The van der Waals surface area contributed by atoms with E-state index >= 15 is 0 Å². The van der Waals surface area contributed by atoms with Gasteiger partial charge in [-0.2, -0.15) is 9.97 Å². The van der Waals surface area contributed by atoms with Gasteiger partial charge in [-0.05, 0) is 54.1 Å².